The van der Waals surface area contributed by atoms with Crippen LogP contribution in [0.1, 0.15) is 23.6 Å². The summed E-state index contributed by atoms with van der Waals surface area (Å²) in [4.78, 5) is 11.9. The molecule has 0 heterocycles. The summed E-state index contributed by atoms with van der Waals surface area (Å²) in [6, 6.07) is 11.1. The van der Waals surface area contributed by atoms with Gasteiger partial charge in [0.25, 0.3) is 0 Å². The van der Waals surface area contributed by atoms with Crippen molar-refractivity contribution in [3.63, 3.8) is 0 Å². The zero-order valence-electron chi connectivity index (χ0n) is 14.9. The number of hydroxylamine groups is 1. The topological polar surface area (TPSA) is 59.0 Å². The second-order valence-corrected chi connectivity index (χ2v) is 6.28. The number of anilines is 1. The molecule has 2 rings (SSSR count). The molecule has 2 aromatic carbocycles. The highest BCUT2D eigenvalue weighted by atomic mass is 32.2. The third-order valence-corrected chi connectivity index (χ3v) is 4.21. The molecule has 0 atom stereocenters. The van der Waals surface area contributed by atoms with Gasteiger partial charge in [-0.05, 0) is 50.8 Å². The van der Waals surface area contributed by atoms with Crippen LogP contribution in [0.15, 0.2) is 36.4 Å². The molecule has 0 saturated heterocycles. The van der Waals surface area contributed by atoms with Crippen LogP contribution < -0.4 is 14.5 Å². The van der Waals surface area contributed by atoms with Crippen LogP contribution in [0.4, 0.5) is 10.5 Å². The molecule has 1 amide bonds. The molecule has 0 saturated carbocycles. The first-order valence-corrected chi connectivity index (χ1v) is 9.22. The molecule has 1 N–H and O–H groups in total. The summed E-state index contributed by atoms with van der Waals surface area (Å²) in [6.07, 6.45) is 1.61. The fourth-order valence-electron chi connectivity index (χ4n) is 2.48. The van der Waals surface area contributed by atoms with Crippen molar-refractivity contribution >= 4 is 22.7 Å². The summed E-state index contributed by atoms with van der Waals surface area (Å²) in [6.45, 7) is 6.53. The van der Waals surface area contributed by atoms with Crippen LogP contribution in [0.3, 0.4) is 0 Å². The van der Waals surface area contributed by atoms with Crippen molar-refractivity contribution in [2.45, 2.75) is 27.4 Å². The Morgan fingerprint density at radius 1 is 1.16 bits per heavy atom. The zero-order chi connectivity index (χ0) is 18.4. The maximum atomic E-state index is 11.9. The molecular weight excluding hydrogens is 338 g/mol. The summed E-state index contributed by atoms with van der Waals surface area (Å²) in [7, 11) is 0. The molecule has 2 aromatic rings. The van der Waals surface area contributed by atoms with Crippen molar-refractivity contribution in [1.82, 2.24) is 0 Å². The van der Waals surface area contributed by atoms with Gasteiger partial charge < -0.3 is 9.47 Å². The Morgan fingerprint density at radius 2 is 1.92 bits per heavy atom. The van der Waals surface area contributed by atoms with Gasteiger partial charge in [0.15, 0.2) is 0 Å². The fourth-order valence-corrected chi connectivity index (χ4v) is 2.76. The zero-order valence-corrected chi connectivity index (χ0v) is 15.7. The predicted octanol–water partition coefficient (Wildman–Crippen LogP) is 4.96. The molecule has 0 bridgehead atoms. The van der Waals surface area contributed by atoms with E-state index < -0.39 is 5.24 Å². The van der Waals surface area contributed by atoms with Crippen molar-refractivity contribution in [1.29, 1.82) is 0 Å². The van der Waals surface area contributed by atoms with Gasteiger partial charge in [-0.1, -0.05) is 35.5 Å². The van der Waals surface area contributed by atoms with Crippen molar-refractivity contribution in [2.75, 3.05) is 17.9 Å². The highest BCUT2D eigenvalue weighted by Crippen LogP contribution is 2.32. The van der Waals surface area contributed by atoms with Gasteiger partial charge in [-0.25, -0.2) is 0 Å². The Kier molecular flexibility index (Phi) is 6.73. The highest BCUT2D eigenvalue weighted by Gasteiger charge is 2.20. The third kappa shape index (κ3) is 4.67. The predicted molar refractivity (Wildman–Crippen MR) is 101 cm³/mol. The maximum Gasteiger partial charge on any atom is 0.309 e. The number of hydrogen-bond donors (Lipinski definition) is 1. The summed E-state index contributed by atoms with van der Waals surface area (Å²) < 4.78 is 11.6. The van der Waals surface area contributed by atoms with E-state index in [1.807, 2.05) is 39.0 Å². The maximum absolute atomic E-state index is 11.9. The number of rotatable bonds is 6. The van der Waals surface area contributed by atoms with Gasteiger partial charge in [-0.15, -0.1) is 0 Å². The van der Waals surface area contributed by atoms with Gasteiger partial charge in [0.05, 0.1) is 17.9 Å². The van der Waals surface area contributed by atoms with Crippen molar-refractivity contribution in [2.24, 2.45) is 0 Å². The lowest BCUT2D eigenvalue weighted by Crippen LogP contribution is -2.24. The van der Waals surface area contributed by atoms with Crippen LogP contribution in [0.25, 0.3) is 0 Å². The molecular formula is C19H23NO4S. The van der Waals surface area contributed by atoms with E-state index in [4.69, 9.17) is 9.47 Å². The first-order chi connectivity index (χ1) is 12.0. The molecule has 0 aromatic heterocycles. The molecule has 0 spiro atoms. The van der Waals surface area contributed by atoms with Gasteiger partial charge in [-0.3, -0.25) is 10.0 Å². The van der Waals surface area contributed by atoms with Crippen LogP contribution in [0.5, 0.6) is 11.5 Å². The molecule has 0 aliphatic heterocycles. The molecule has 0 aliphatic rings. The summed E-state index contributed by atoms with van der Waals surface area (Å²) in [5.41, 5.74) is 3.16. The Morgan fingerprint density at radius 3 is 2.56 bits per heavy atom. The largest absolute Gasteiger partial charge is 0.493 e. The number of aryl methyl sites for hydroxylation is 2. The minimum absolute atomic E-state index is 0.175. The van der Waals surface area contributed by atoms with Crippen LogP contribution >= 0.6 is 11.8 Å². The second-order valence-electron chi connectivity index (χ2n) is 5.53. The highest BCUT2D eigenvalue weighted by molar-refractivity contribution is 8.13. The number of hydrogen-bond acceptors (Lipinski definition) is 5. The third-order valence-electron chi connectivity index (χ3n) is 3.69. The van der Waals surface area contributed by atoms with E-state index >= 15 is 0 Å². The Balaban J connectivity index is 2.34. The minimum atomic E-state index is -0.471. The summed E-state index contributed by atoms with van der Waals surface area (Å²) >= 11 is 0.930. The average Bonchev–Trinajstić information content (AvgIpc) is 2.60. The van der Waals surface area contributed by atoms with Gasteiger partial charge in [-0.2, -0.15) is 5.06 Å². The number of nitrogens with zero attached hydrogens (tertiary/aromatic N) is 1. The molecule has 0 unspecified atom stereocenters. The minimum Gasteiger partial charge on any atom is -0.493 e. The quantitative estimate of drug-likeness (QED) is 0.582. The van der Waals surface area contributed by atoms with E-state index in [0.717, 1.165) is 28.6 Å². The first-order valence-electron chi connectivity index (χ1n) is 7.99. The standard InChI is InChI=1S/C19H23NO4S/c1-5-23-18-8-6-7-16(20(22)19(21)25-4)15(18)12-24-17-10-9-13(2)11-14(17)3/h6-11,22H,5,12H2,1-4H3. The number of thioether (sulfide) groups is 1. The van der Waals surface area contributed by atoms with E-state index in [2.05, 4.69) is 0 Å². The van der Waals surface area contributed by atoms with Crippen LogP contribution in [0.2, 0.25) is 0 Å². The monoisotopic (exact) mass is 361 g/mol. The lowest BCUT2D eigenvalue weighted by atomic mass is 10.1. The Labute approximate surface area is 152 Å². The van der Waals surface area contributed by atoms with Crippen LogP contribution in [0, 0.1) is 13.8 Å². The lowest BCUT2D eigenvalue weighted by Gasteiger charge is -2.20. The van der Waals surface area contributed by atoms with E-state index in [-0.39, 0.29) is 6.61 Å². The SMILES string of the molecule is CCOc1cccc(N(O)C(=O)SC)c1COc1ccc(C)cc1C. The number of benzene rings is 2. The molecule has 6 heteroatoms. The van der Waals surface area contributed by atoms with Crippen LogP contribution in [-0.2, 0) is 6.61 Å². The summed E-state index contributed by atoms with van der Waals surface area (Å²) in [5, 5.41) is 10.4. The molecule has 25 heavy (non-hydrogen) atoms. The number of amides is 1. The summed E-state index contributed by atoms with van der Waals surface area (Å²) in [5.74, 6) is 1.33. The molecule has 0 fully saturated rings. The van der Waals surface area contributed by atoms with Crippen molar-refractivity contribution in [3.05, 3.63) is 53.1 Å². The fraction of sp³-hybridized carbons (Fsp3) is 0.316. The van der Waals surface area contributed by atoms with E-state index in [0.29, 0.717) is 28.7 Å². The normalized spacial score (nSPS) is 10.4. The number of carbonyl (C=O) groups excluding carboxylic acids is 1. The van der Waals surface area contributed by atoms with Crippen molar-refractivity contribution < 1.29 is 19.5 Å². The van der Waals surface area contributed by atoms with Gasteiger partial charge in [0, 0.05) is 0 Å². The second kappa shape index (κ2) is 8.78. The Bertz CT molecular complexity index is 748. The van der Waals surface area contributed by atoms with Crippen molar-refractivity contribution in [3.8, 4) is 11.5 Å². The van der Waals surface area contributed by atoms with E-state index in [1.165, 1.54) is 0 Å². The smallest absolute Gasteiger partial charge is 0.309 e. The molecule has 0 radical (unpaired) electrons. The first kappa shape index (κ1) is 19.1. The average molecular weight is 361 g/mol. The number of carbonyl (C=O) groups is 1. The van der Waals surface area contributed by atoms with Gasteiger partial charge >= 0.3 is 5.24 Å². The van der Waals surface area contributed by atoms with E-state index in [9.17, 15) is 10.0 Å². The van der Waals surface area contributed by atoms with Gasteiger partial charge in [0.2, 0.25) is 0 Å². The lowest BCUT2D eigenvalue weighted by molar-refractivity contribution is 0.223. The Hall–Kier alpha value is -2.18. The van der Waals surface area contributed by atoms with Crippen LogP contribution in [-0.4, -0.2) is 23.3 Å². The number of ether oxygens (including phenoxy) is 2. The molecule has 5 nitrogen and oxygen atoms in total. The molecule has 134 valence electrons. The van der Waals surface area contributed by atoms with E-state index in [1.54, 1.807) is 24.5 Å². The molecule has 0 aliphatic carbocycles. The van der Waals surface area contributed by atoms with Gasteiger partial charge in [0.1, 0.15) is 18.1 Å².